The minimum atomic E-state index is 0.537. The summed E-state index contributed by atoms with van der Waals surface area (Å²) in [6, 6.07) is 12.3. The van der Waals surface area contributed by atoms with Crippen molar-refractivity contribution in [2.24, 2.45) is 16.1 Å². The molecule has 0 aliphatic rings. The summed E-state index contributed by atoms with van der Waals surface area (Å²) in [7, 11) is 1.99. The highest BCUT2D eigenvalue weighted by Gasteiger charge is 2.22. The Morgan fingerprint density at radius 3 is 2.64 bits per heavy atom. The monoisotopic (exact) mass is 498 g/mol. The van der Waals surface area contributed by atoms with Gasteiger partial charge in [-0.05, 0) is 24.8 Å². The molecule has 1 unspecified atom stereocenters. The van der Waals surface area contributed by atoms with E-state index in [0.29, 0.717) is 21.6 Å². The molecule has 174 valence electrons. The van der Waals surface area contributed by atoms with Crippen molar-refractivity contribution in [3.8, 4) is 17.2 Å². The van der Waals surface area contributed by atoms with Crippen LogP contribution in [0.1, 0.15) is 52.0 Å². The largest absolute Gasteiger partial charge is 0.366 e. The molecule has 1 atom stereocenters. The molecular weight excluding hydrogens is 469 g/mol. The summed E-state index contributed by atoms with van der Waals surface area (Å²) in [5, 5.41) is 21.8. The molecule has 0 aliphatic heterocycles. The van der Waals surface area contributed by atoms with Gasteiger partial charge in [-0.3, -0.25) is 0 Å². The van der Waals surface area contributed by atoms with Gasteiger partial charge >= 0.3 is 0 Å². The first-order valence-electron chi connectivity index (χ1n) is 11.3. The maximum Gasteiger partial charge on any atom is 0.250 e. The summed E-state index contributed by atoms with van der Waals surface area (Å²) in [6.45, 7) is 7.35. The van der Waals surface area contributed by atoms with Crippen molar-refractivity contribution in [3.63, 3.8) is 0 Å². The lowest BCUT2D eigenvalue weighted by Gasteiger charge is -2.14. The van der Waals surface area contributed by atoms with Crippen molar-refractivity contribution in [1.82, 2.24) is 9.36 Å². The second-order valence-electron chi connectivity index (χ2n) is 7.74. The van der Waals surface area contributed by atoms with Crippen LogP contribution in [0.2, 0.25) is 0 Å². The van der Waals surface area contributed by atoms with Crippen LogP contribution in [0.3, 0.4) is 0 Å². The molecule has 0 bridgehead atoms. The number of hydrogen-bond acceptors (Lipinski definition) is 9. The number of nitriles is 1. The molecule has 0 aliphatic carbocycles. The standard InChI is InChI=1S/C24H30N6S3/c1-5-8-12-17(6-2)16-31-24-26-23(33-29-24)28-27-21-20(18-13-10-9-11-14-18)19(15-25)22(32-21)30(4)7-3/h9-11,13-14,17H,5-8,12,16H2,1-4H3/b28-27+. The molecule has 0 spiro atoms. The fraction of sp³-hybridized carbons (Fsp3) is 0.458. The third-order valence-electron chi connectivity index (χ3n) is 5.48. The Morgan fingerprint density at radius 1 is 1.18 bits per heavy atom. The van der Waals surface area contributed by atoms with Crippen LogP contribution in [0.25, 0.3) is 11.1 Å². The molecule has 0 N–H and O–H groups in total. The highest BCUT2D eigenvalue weighted by Crippen LogP contribution is 2.47. The molecular formula is C24H30N6S3. The fourth-order valence-electron chi connectivity index (χ4n) is 3.35. The van der Waals surface area contributed by atoms with Crippen LogP contribution < -0.4 is 4.90 Å². The highest BCUT2D eigenvalue weighted by molar-refractivity contribution is 7.99. The SMILES string of the molecule is CCCCC(CC)CSc1nsc(/N=N/c2sc(N(C)CC)c(C#N)c2-c2ccccc2)n1. The smallest absolute Gasteiger partial charge is 0.250 e. The maximum atomic E-state index is 9.92. The molecule has 0 fully saturated rings. The lowest BCUT2D eigenvalue weighted by atomic mass is 10.0. The van der Waals surface area contributed by atoms with E-state index in [9.17, 15) is 5.26 Å². The number of nitrogens with zero attached hydrogens (tertiary/aromatic N) is 6. The maximum absolute atomic E-state index is 9.92. The molecule has 2 heterocycles. The molecule has 0 amide bonds. The average Bonchev–Trinajstić information content (AvgIpc) is 3.47. The van der Waals surface area contributed by atoms with Gasteiger partial charge in [0, 0.05) is 36.4 Å². The molecule has 1 aromatic carbocycles. The van der Waals surface area contributed by atoms with Gasteiger partial charge in [-0.1, -0.05) is 86.5 Å². The third kappa shape index (κ3) is 6.62. The summed E-state index contributed by atoms with van der Waals surface area (Å²) >= 11 is 4.45. The average molecular weight is 499 g/mol. The molecule has 3 aromatic rings. The highest BCUT2D eigenvalue weighted by atomic mass is 32.2. The van der Waals surface area contributed by atoms with E-state index in [1.54, 1.807) is 11.8 Å². The van der Waals surface area contributed by atoms with E-state index in [1.165, 1.54) is 48.6 Å². The van der Waals surface area contributed by atoms with Crippen LogP contribution >= 0.6 is 34.6 Å². The van der Waals surface area contributed by atoms with E-state index in [4.69, 9.17) is 0 Å². The zero-order valence-electron chi connectivity index (χ0n) is 19.6. The van der Waals surface area contributed by atoms with Crippen molar-refractivity contribution in [2.75, 3.05) is 24.2 Å². The first kappa shape index (κ1) is 25.3. The second kappa shape index (κ2) is 12.8. The van der Waals surface area contributed by atoms with Crippen LogP contribution in [0.5, 0.6) is 0 Å². The lowest BCUT2D eigenvalue weighted by molar-refractivity contribution is 0.499. The van der Waals surface area contributed by atoms with Gasteiger partial charge in [0.25, 0.3) is 0 Å². The van der Waals surface area contributed by atoms with E-state index < -0.39 is 0 Å². The van der Waals surface area contributed by atoms with Crippen LogP contribution in [0.15, 0.2) is 45.7 Å². The van der Waals surface area contributed by atoms with Gasteiger partial charge in [-0.25, -0.2) is 0 Å². The Morgan fingerprint density at radius 2 is 1.97 bits per heavy atom. The Kier molecular flexibility index (Phi) is 9.85. The molecule has 0 radical (unpaired) electrons. The molecule has 2 aromatic heterocycles. The molecule has 3 rings (SSSR count). The number of aromatic nitrogens is 2. The number of benzene rings is 1. The Hall–Kier alpha value is -2.28. The van der Waals surface area contributed by atoms with Crippen LogP contribution in [-0.2, 0) is 0 Å². The summed E-state index contributed by atoms with van der Waals surface area (Å²) in [4.78, 5) is 6.62. The summed E-state index contributed by atoms with van der Waals surface area (Å²) in [5.41, 5.74) is 2.42. The van der Waals surface area contributed by atoms with Crippen LogP contribution in [0.4, 0.5) is 15.1 Å². The van der Waals surface area contributed by atoms with Gasteiger partial charge < -0.3 is 4.90 Å². The zero-order valence-corrected chi connectivity index (χ0v) is 22.1. The first-order valence-corrected chi connectivity index (χ1v) is 13.9. The molecule has 0 saturated carbocycles. The number of azo groups is 1. The summed E-state index contributed by atoms with van der Waals surface area (Å²) in [6.07, 6.45) is 4.94. The predicted molar refractivity (Wildman–Crippen MR) is 142 cm³/mol. The second-order valence-corrected chi connectivity index (χ2v) is 10.4. The quantitative estimate of drug-likeness (QED) is 0.185. The number of rotatable bonds is 12. The van der Waals surface area contributed by atoms with E-state index >= 15 is 0 Å². The predicted octanol–water partition coefficient (Wildman–Crippen LogP) is 8.32. The minimum Gasteiger partial charge on any atom is -0.366 e. The van der Waals surface area contributed by atoms with Crippen molar-refractivity contribution in [3.05, 3.63) is 35.9 Å². The van der Waals surface area contributed by atoms with E-state index in [1.807, 2.05) is 37.4 Å². The van der Waals surface area contributed by atoms with Gasteiger partial charge in [0.2, 0.25) is 10.3 Å². The van der Waals surface area contributed by atoms with Gasteiger partial charge in [0.15, 0.2) is 0 Å². The number of thiophene rings is 1. The molecule has 9 heteroatoms. The summed E-state index contributed by atoms with van der Waals surface area (Å²) < 4.78 is 4.46. The Labute approximate surface area is 209 Å². The minimum absolute atomic E-state index is 0.537. The number of unbranched alkanes of at least 4 members (excludes halogenated alkanes) is 1. The summed E-state index contributed by atoms with van der Waals surface area (Å²) in [5.74, 6) is 1.73. The van der Waals surface area contributed by atoms with Crippen LogP contribution in [-0.4, -0.2) is 28.7 Å². The van der Waals surface area contributed by atoms with Gasteiger partial charge in [-0.15, -0.1) is 10.2 Å². The first-order chi connectivity index (χ1) is 16.1. The van der Waals surface area contributed by atoms with Crippen molar-refractivity contribution >= 4 is 49.8 Å². The molecule has 6 nitrogen and oxygen atoms in total. The Bertz CT molecular complexity index is 1080. The third-order valence-corrected chi connectivity index (χ3v) is 8.46. The van der Waals surface area contributed by atoms with E-state index in [0.717, 1.165) is 33.6 Å². The fourth-order valence-corrected chi connectivity index (χ4v) is 6.19. The molecule has 33 heavy (non-hydrogen) atoms. The van der Waals surface area contributed by atoms with E-state index in [-0.39, 0.29) is 0 Å². The normalized spacial score (nSPS) is 12.2. The zero-order chi connectivity index (χ0) is 23.6. The van der Waals surface area contributed by atoms with E-state index in [2.05, 4.69) is 51.3 Å². The Balaban J connectivity index is 1.83. The van der Waals surface area contributed by atoms with Crippen molar-refractivity contribution in [2.45, 2.75) is 51.6 Å². The topological polar surface area (TPSA) is 77.5 Å². The molecule has 0 saturated heterocycles. The number of anilines is 1. The lowest BCUT2D eigenvalue weighted by Crippen LogP contribution is -2.15. The van der Waals surface area contributed by atoms with Crippen molar-refractivity contribution < 1.29 is 0 Å². The van der Waals surface area contributed by atoms with Crippen molar-refractivity contribution in [1.29, 1.82) is 5.26 Å². The van der Waals surface area contributed by atoms with Gasteiger partial charge in [0.05, 0.1) is 5.56 Å². The van der Waals surface area contributed by atoms with Crippen LogP contribution in [0, 0.1) is 17.2 Å². The van der Waals surface area contributed by atoms with Gasteiger partial charge in [0.1, 0.15) is 16.1 Å². The number of thioether (sulfide) groups is 1. The van der Waals surface area contributed by atoms with Gasteiger partial charge in [-0.2, -0.15) is 14.6 Å². The number of hydrogen-bond donors (Lipinski definition) is 0.